The third-order valence-corrected chi connectivity index (χ3v) is 3.84. The van der Waals surface area contributed by atoms with Crippen LogP contribution in [-0.4, -0.2) is 28.5 Å². The maximum Gasteiger partial charge on any atom is 0.241 e. The van der Waals surface area contributed by atoms with Crippen molar-refractivity contribution in [2.75, 3.05) is 11.9 Å². The largest absolute Gasteiger partial charge is 0.341 e. The van der Waals surface area contributed by atoms with Crippen LogP contribution in [0, 0.1) is 0 Å². The number of imidazole rings is 1. The SMILES string of the molecule is CC(C)(C)c1nc2ccc(NC(=O)C3CCCN3)cc2[nH]1. The Morgan fingerprint density at radius 1 is 1.38 bits per heavy atom. The Kier molecular flexibility index (Phi) is 3.45. The van der Waals surface area contributed by atoms with Crippen molar-refractivity contribution in [2.45, 2.75) is 45.1 Å². The monoisotopic (exact) mass is 286 g/mol. The highest BCUT2D eigenvalue weighted by Crippen LogP contribution is 2.24. The van der Waals surface area contributed by atoms with Gasteiger partial charge >= 0.3 is 0 Å². The lowest BCUT2D eigenvalue weighted by Gasteiger charge is -2.13. The van der Waals surface area contributed by atoms with Gasteiger partial charge in [0.15, 0.2) is 0 Å². The molecule has 1 aliphatic heterocycles. The number of nitrogens with zero attached hydrogens (tertiary/aromatic N) is 1. The van der Waals surface area contributed by atoms with Gasteiger partial charge in [-0.05, 0) is 37.6 Å². The number of hydrogen-bond donors (Lipinski definition) is 3. The Bertz CT molecular complexity index is 662. The second kappa shape index (κ2) is 5.15. The number of hydrogen-bond acceptors (Lipinski definition) is 3. The number of amides is 1. The van der Waals surface area contributed by atoms with E-state index in [4.69, 9.17) is 0 Å². The van der Waals surface area contributed by atoms with Crippen LogP contribution in [0.3, 0.4) is 0 Å². The fourth-order valence-electron chi connectivity index (χ4n) is 2.58. The molecule has 3 rings (SSSR count). The van der Waals surface area contributed by atoms with Gasteiger partial charge in [0, 0.05) is 11.1 Å². The molecular weight excluding hydrogens is 264 g/mol. The van der Waals surface area contributed by atoms with Crippen LogP contribution in [0.15, 0.2) is 18.2 Å². The summed E-state index contributed by atoms with van der Waals surface area (Å²) in [6.45, 7) is 7.30. The first kappa shape index (κ1) is 14.1. The third kappa shape index (κ3) is 2.93. The second-order valence-electron chi connectivity index (χ2n) is 6.71. The number of aromatic nitrogens is 2. The Balaban J connectivity index is 1.82. The van der Waals surface area contributed by atoms with Gasteiger partial charge in [-0.25, -0.2) is 4.98 Å². The molecule has 1 aromatic heterocycles. The van der Waals surface area contributed by atoms with Gasteiger partial charge in [-0.3, -0.25) is 4.79 Å². The van der Waals surface area contributed by atoms with E-state index in [0.29, 0.717) is 0 Å². The van der Waals surface area contributed by atoms with E-state index in [2.05, 4.69) is 41.4 Å². The topological polar surface area (TPSA) is 69.8 Å². The molecule has 2 heterocycles. The molecule has 2 aromatic rings. The molecular formula is C16H22N4O. The van der Waals surface area contributed by atoms with Crippen LogP contribution >= 0.6 is 0 Å². The van der Waals surface area contributed by atoms with Crippen molar-refractivity contribution in [3.63, 3.8) is 0 Å². The smallest absolute Gasteiger partial charge is 0.241 e. The zero-order valence-electron chi connectivity index (χ0n) is 12.8. The average Bonchev–Trinajstić information content (AvgIpc) is 3.06. The van der Waals surface area contributed by atoms with E-state index in [1.54, 1.807) is 0 Å². The summed E-state index contributed by atoms with van der Waals surface area (Å²) in [6, 6.07) is 5.73. The van der Waals surface area contributed by atoms with Crippen LogP contribution in [-0.2, 0) is 10.2 Å². The van der Waals surface area contributed by atoms with Gasteiger partial charge in [-0.15, -0.1) is 0 Å². The van der Waals surface area contributed by atoms with Gasteiger partial charge in [-0.2, -0.15) is 0 Å². The molecule has 0 aliphatic carbocycles. The number of benzene rings is 1. The summed E-state index contributed by atoms with van der Waals surface area (Å²) in [6.07, 6.45) is 1.97. The van der Waals surface area contributed by atoms with E-state index in [9.17, 15) is 4.79 Å². The summed E-state index contributed by atoms with van der Waals surface area (Å²) in [5.41, 5.74) is 2.68. The van der Waals surface area contributed by atoms with Gasteiger partial charge in [-0.1, -0.05) is 20.8 Å². The Morgan fingerprint density at radius 3 is 2.86 bits per heavy atom. The van der Waals surface area contributed by atoms with Crippen LogP contribution in [0.25, 0.3) is 11.0 Å². The standard InChI is InChI=1S/C16H22N4O/c1-16(2,3)15-19-11-7-6-10(9-13(11)20-15)18-14(21)12-5-4-8-17-12/h6-7,9,12,17H,4-5,8H2,1-3H3,(H,18,21)(H,19,20). The lowest BCUT2D eigenvalue weighted by Crippen LogP contribution is -2.35. The van der Waals surface area contributed by atoms with Crippen molar-refractivity contribution >= 4 is 22.6 Å². The van der Waals surface area contributed by atoms with Crippen LogP contribution in [0.5, 0.6) is 0 Å². The summed E-state index contributed by atoms with van der Waals surface area (Å²) in [4.78, 5) is 20.1. The summed E-state index contributed by atoms with van der Waals surface area (Å²) < 4.78 is 0. The van der Waals surface area contributed by atoms with Crippen LogP contribution < -0.4 is 10.6 Å². The van der Waals surface area contributed by atoms with Gasteiger partial charge in [0.05, 0.1) is 17.1 Å². The molecule has 0 bridgehead atoms. The fourth-order valence-corrected chi connectivity index (χ4v) is 2.58. The van der Waals surface area contributed by atoms with Gasteiger partial charge in [0.25, 0.3) is 0 Å². The molecule has 1 aromatic carbocycles. The number of rotatable bonds is 2. The number of carbonyl (C=O) groups excluding carboxylic acids is 1. The second-order valence-corrected chi connectivity index (χ2v) is 6.71. The molecule has 112 valence electrons. The highest BCUT2D eigenvalue weighted by atomic mass is 16.2. The van der Waals surface area contributed by atoms with Crippen molar-refractivity contribution in [1.29, 1.82) is 0 Å². The molecule has 0 radical (unpaired) electrons. The normalized spacial score (nSPS) is 19.1. The van der Waals surface area contributed by atoms with Gasteiger partial charge in [0.2, 0.25) is 5.91 Å². The van der Waals surface area contributed by atoms with Crippen molar-refractivity contribution in [3.8, 4) is 0 Å². The first-order valence-electron chi connectivity index (χ1n) is 7.48. The van der Waals surface area contributed by atoms with E-state index in [1.807, 2.05) is 18.2 Å². The number of anilines is 1. The zero-order valence-corrected chi connectivity index (χ0v) is 12.8. The Hall–Kier alpha value is -1.88. The summed E-state index contributed by atoms with van der Waals surface area (Å²) in [5, 5.41) is 6.18. The molecule has 3 N–H and O–H groups in total. The lowest BCUT2D eigenvalue weighted by molar-refractivity contribution is -0.117. The Labute approximate surface area is 124 Å². The molecule has 0 saturated carbocycles. The predicted octanol–water partition coefficient (Wildman–Crippen LogP) is 2.55. The predicted molar refractivity (Wildman–Crippen MR) is 84.4 cm³/mol. The lowest BCUT2D eigenvalue weighted by atomic mass is 9.96. The van der Waals surface area contributed by atoms with Crippen LogP contribution in [0.4, 0.5) is 5.69 Å². The van der Waals surface area contributed by atoms with E-state index in [1.165, 1.54) is 0 Å². The summed E-state index contributed by atoms with van der Waals surface area (Å²) in [7, 11) is 0. The fraction of sp³-hybridized carbons (Fsp3) is 0.500. The average molecular weight is 286 g/mol. The van der Waals surface area contributed by atoms with E-state index < -0.39 is 0 Å². The van der Waals surface area contributed by atoms with E-state index in [-0.39, 0.29) is 17.4 Å². The first-order valence-corrected chi connectivity index (χ1v) is 7.48. The highest BCUT2D eigenvalue weighted by Gasteiger charge is 2.22. The Morgan fingerprint density at radius 2 is 2.19 bits per heavy atom. The molecule has 21 heavy (non-hydrogen) atoms. The molecule has 5 heteroatoms. The quantitative estimate of drug-likeness (QED) is 0.794. The third-order valence-electron chi connectivity index (χ3n) is 3.84. The molecule has 1 unspecified atom stereocenters. The molecule has 1 atom stereocenters. The van der Waals surface area contributed by atoms with Crippen molar-refractivity contribution in [2.24, 2.45) is 0 Å². The number of fused-ring (bicyclic) bond motifs is 1. The molecule has 1 aliphatic rings. The van der Waals surface area contributed by atoms with Crippen molar-refractivity contribution in [3.05, 3.63) is 24.0 Å². The van der Waals surface area contributed by atoms with Crippen LogP contribution in [0.1, 0.15) is 39.4 Å². The van der Waals surface area contributed by atoms with Crippen molar-refractivity contribution in [1.82, 2.24) is 15.3 Å². The molecule has 1 fully saturated rings. The molecule has 0 spiro atoms. The number of aromatic amines is 1. The number of carbonyl (C=O) groups is 1. The molecule has 5 nitrogen and oxygen atoms in total. The molecule has 1 saturated heterocycles. The van der Waals surface area contributed by atoms with E-state index >= 15 is 0 Å². The maximum atomic E-state index is 12.1. The summed E-state index contributed by atoms with van der Waals surface area (Å²) in [5.74, 6) is 1.00. The summed E-state index contributed by atoms with van der Waals surface area (Å²) >= 11 is 0. The van der Waals surface area contributed by atoms with Crippen molar-refractivity contribution < 1.29 is 4.79 Å². The zero-order chi connectivity index (χ0) is 15.0. The minimum absolute atomic E-state index is 0.0177. The minimum atomic E-state index is -0.0624. The maximum absolute atomic E-state index is 12.1. The number of H-pyrrole nitrogens is 1. The number of nitrogens with one attached hydrogen (secondary N) is 3. The minimum Gasteiger partial charge on any atom is -0.341 e. The first-order chi connectivity index (χ1) is 9.93. The van der Waals surface area contributed by atoms with Crippen LogP contribution in [0.2, 0.25) is 0 Å². The van der Waals surface area contributed by atoms with E-state index in [0.717, 1.165) is 41.9 Å². The molecule has 1 amide bonds. The van der Waals surface area contributed by atoms with Gasteiger partial charge < -0.3 is 15.6 Å². The highest BCUT2D eigenvalue weighted by molar-refractivity contribution is 5.96. The van der Waals surface area contributed by atoms with Gasteiger partial charge in [0.1, 0.15) is 5.82 Å².